The molecule has 2 amide bonds. The zero-order valence-electron chi connectivity index (χ0n) is 13.4. The molecule has 0 saturated heterocycles. The van der Waals surface area contributed by atoms with Crippen molar-refractivity contribution in [3.8, 4) is 5.75 Å². The summed E-state index contributed by atoms with van der Waals surface area (Å²) in [5.74, 6) is -1.86. The first-order valence-corrected chi connectivity index (χ1v) is 7.57. The van der Waals surface area contributed by atoms with Crippen molar-refractivity contribution in [3.05, 3.63) is 29.8 Å². The Morgan fingerprint density at radius 3 is 2.62 bits per heavy atom. The molecule has 0 aliphatic rings. The molecule has 3 N–H and O–H groups in total. The maximum Gasteiger partial charge on any atom is 0.328 e. The van der Waals surface area contributed by atoms with Gasteiger partial charge in [0.1, 0.15) is 12.4 Å². The van der Waals surface area contributed by atoms with Crippen molar-refractivity contribution in [2.75, 3.05) is 19.8 Å². The van der Waals surface area contributed by atoms with Gasteiger partial charge in [0.25, 0.3) is 5.91 Å². The van der Waals surface area contributed by atoms with Crippen LogP contribution in [0.1, 0.15) is 30.1 Å². The van der Waals surface area contributed by atoms with E-state index >= 15 is 0 Å². The summed E-state index contributed by atoms with van der Waals surface area (Å²) < 4.78 is 17.8. The van der Waals surface area contributed by atoms with Crippen LogP contribution in [0.2, 0.25) is 0 Å². The molecule has 1 atom stereocenters. The molecule has 0 saturated carbocycles. The molecule has 0 aliphatic carbocycles. The number of hydrogen-bond donors (Lipinski definition) is 3. The van der Waals surface area contributed by atoms with Gasteiger partial charge in [-0.25, -0.2) is 9.18 Å². The minimum Gasteiger partial charge on any atom is -0.493 e. The maximum absolute atomic E-state index is 12.4. The first-order valence-electron chi connectivity index (χ1n) is 7.57. The molecule has 8 heteroatoms. The van der Waals surface area contributed by atoms with Crippen molar-refractivity contribution in [3.63, 3.8) is 0 Å². The number of ether oxygens (including phenoxy) is 1. The van der Waals surface area contributed by atoms with Gasteiger partial charge in [-0.15, -0.1) is 0 Å². The average Bonchev–Trinajstić information content (AvgIpc) is 2.57. The third-order valence-corrected chi connectivity index (χ3v) is 3.09. The second-order valence-corrected chi connectivity index (χ2v) is 4.90. The SMILES string of the molecule is CCOc1ccccc1C(=O)NCCCC(=O)NC(CF)C(=O)O. The van der Waals surface area contributed by atoms with Gasteiger partial charge >= 0.3 is 5.97 Å². The number of hydrogen-bond acceptors (Lipinski definition) is 4. The summed E-state index contributed by atoms with van der Waals surface area (Å²) >= 11 is 0. The van der Waals surface area contributed by atoms with Gasteiger partial charge in [0, 0.05) is 13.0 Å². The van der Waals surface area contributed by atoms with Crippen molar-refractivity contribution in [1.82, 2.24) is 10.6 Å². The van der Waals surface area contributed by atoms with Crippen LogP contribution in [0.5, 0.6) is 5.75 Å². The summed E-state index contributed by atoms with van der Waals surface area (Å²) in [7, 11) is 0. The molecule has 0 spiro atoms. The fourth-order valence-electron chi connectivity index (χ4n) is 1.91. The standard InChI is InChI=1S/C16H21FN2O5/c1-2-24-13-7-4-3-6-11(13)15(21)18-9-5-8-14(20)19-12(10-17)16(22)23/h3-4,6-7,12H,2,5,8-10H2,1H3,(H,18,21)(H,19,20)(H,22,23). The number of amides is 2. The molecule has 1 aromatic carbocycles. The van der Waals surface area contributed by atoms with Crippen LogP contribution in [-0.4, -0.2) is 48.8 Å². The number of benzene rings is 1. The molecular formula is C16H21FN2O5. The molecule has 0 fully saturated rings. The summed E-state index contributed by atoms with van der Waals surface area (Å²) in [5.41, 5.74) is 0.396. The van der Waals surface area contributed by atoms with Crippen molar-refractivity contribution < 1.29 is 28.6 Å². The van der Waals surface area contributed by atoms with Gasteiger partial charge in [0.05, 0.1) is 12.2 Å². The van der Waals surface area contributed by atoms with E-state index in [0.29, 0.717) is 24.3 Å². The Labute approximate surface area is 139 Å². The number of carbonyl (C=O) groups excluding carboxylic acids is 2. The van der Waals surface area contributed by atoms with Crippen LogP contribution in [0.3, 0.4) is 0 Å². The van der Waals surface area contributed by atoms with Gasteiger partial charge < -0.3 is 20.5 Å². The summed E-state index contributed by atoms with van der Waals surface area (Å²) in [6.07, 6.45) is 0.282. The van der Waals surface area contributed by atoms with Gasteiger partial charge in [0.2, 0.25) is 5.91 Å². The normalized spacial score (nSPS) is 11.4. The first kappa shape index (κ1) is 19.4. The second-order valence-electron chi connectivity index (χ2n) is 4.90. The summed E-state index contributed by atoms with van der Waals surface area (Å²) in [5, 5.41) is 13.4. The number of carboxylic acids is 1. The molecule has 0 radical (unpaired) electrons. The Morgan fingerprint density at radius 1 is 1.29 bits per heavy atom. The maximum atomic E-state index is 12.4. The summed E-state index contributed by atoms with van der Waals surface area (Å²) in [4.78, 5) is 34.2. The van der Waals surface area contributed by atoms with E-state index in [1.54, 1.807) is 24.3 Å². The van der Waals surface area contributed by atoms with Crippen LogP contribution in [0.4, 0.5) is 4.39 Å². The van der Waals surface area contributed by atoms with Gasteiger partial charge in [-0.1, -0.05) is 12.1 Å². The van der Waals surface area contributed by atoms with E-state index in [0.717, 1.165) is 0 Å². The highest BCUT2D eigenvalue weighted by molar-refractivity contribution is 5.96. The van der Waals surface area contributed by atoms with E-state index < -0.39 is 24.6 Å². The van der Waals surface area contributed by atoms with Crippen LogP contribution in [-0.2, 0) is 9.59 Å². The van der Waals surface area contributed by atoms with Gasteiger partial charge in [-0.2, -0.15) is 0 Å². The lowest BCUT2D eigenvalue weighted by Crippen LogP contribution is -2.42. The molecule has 0 heterocycles. The lowest BCUT2D eigenvalue weighted by atomic mass is 10.2. The number of para-hydroxylation sites is 1. The highest BCUT2D eigenvalue weighted by atomic mass is 19.1. The Morgan fingerprint density at radius 2 is 2.00 bits per heavy atom. The topological polar surface area (TPSA) is 105 Å². The predicted molar refractivity (Wildman–Crippen MR) is 84.7 cm³/mol. The average molecular weight is 340 g/mol. The lowest BCUT2D eigenvalue weighted by molar-refractivity contribution is -0.142. The largest absolute Gasteiger partial charge is 0.493 e. The van der Waals surface area contributed by atoms with Crippen LogP contribution in [0, 0.1) is 0 Å². The highest BCUT2D eigenvalue weighted by Gasteiger charge is 2.19. The number of rotatable bonds is 10. The smallest absolute Gasteiger partial charge is 0.328 e. The van der Waals surface area contributed by atoms with Crippen molar-refractivity contribution in [1.29, 1.82) is 0 Å². The Balaban J connectivity index is 2.39. The van der Waals surface area contributed by atoms with Crippen molar-refractivity contribution in [2.24, 2.45) is 0 Å². The zero-order chi connectivity index (χ0) is 17.9. The van der Waals surface area contributed by atoms with Gasteiger partial charge in [-0.05, 0) is 25.5 Å². The van der Waals surface area contributed by atoms with E-state index in [9.17, 15) is 18.8 Å². The van der Waals surface area contributed by atoms with Gasteiger partial charge in [0.15, 0.2) is 6.04 Å². The molecule has 1 aromatic rings. The third-order valence-electron chi connectivity index (χ3n) is 3.09. The number of alkyl halides is 1. The summed E-state index contributed by atoms with van der Waals surface area (Å²) in [6.45, 7) is 1.30. The fourth-order valence-corrected chi connectivity index (χ4v) is 1.91. The Hall–Kier alpha value is -2.64. The van der Waals surface area contributed by atoms with Crippen LogP contribution in [0.25, 0.3) is 0 Å². The predicted octanol–water partition coefficient (Wildman–Crippen LogP) is 1.13. The van der Waals surface area contributed by atoms with E-state index in [1.165, 1.54) is 0 Å². The quantitative estimate of drug-likeness (QED) is 0.554. The molecule has 0 bridgehead atoms. The van der Waals surface area contributed by atoms with Crippen LogP contribution in [0.15, 0.2) is 24.3 Å². The first-order chi connectivity index (χ1) is 11.5. The van der Waals surface area contributed by atoms with E-state index in [2.05, 4.69) is 10.6 Å². The fraction of sp³-hybridized carbons (Fsp3) is 0.438. The lowest BCUT2D eigenvalue weighted by Gasteiger charge is -2.12. The molecule has 0 aliphatic heterocycles. The van der Waals surface area contributed by atoms with Crippen molar-refractivity contribution >= 4 is 17.8 Å². The monoisotopic (exact) mass is 340 g/mol. The molecule has 132 valence electrons. The number of carboxylic acid groups (broad SMARTS) is 1. The van der Waals surface area contributed by atoms with E-state index in [4.69, 9.17) is 9.84 Å². The molecular weight excluding hydrogens is 319 g/mol. The van der Waals surface area contributed by atoms with Crippen molar-refractivity contribution in [2.45, 2.75) is 25.8 Å². The number of halogens is 1. The zero-order valence-corrected chi connectivity index (χ0v) is 13.4. The van der Waals surface area contributed by atoms with E-state index in [1.807, 2.05) is 6.92 Å². The Kier molecular flexibility index (Phi) is 8.24. The number of nitrogens with one attached hydrogen (secondary N) is 2. The molecule has 1 unspecified atom stereocenters. The summed E-state index contributed by atoms with van der Waals surface area (Å²) in [6, 6.07) is 5.26. The van der Waals surface area contributed by atoms with E-state index in [-0.39, 0.29) is 18.9 Å². The van der Waals surface area contributed by atoms with Crippen LogP contribution < -0.4 is 15.4 Å². The third kappa shape index (κ3) is 6.23. The minimum absolute atomic E-state index is 0.0167. The number of aliphatic carboxylic acids is 1. The van der Waals surface area contributed by atoms with Crippen LogP contribution >= 0.6 is 0 Å². The highest BCUT2D eigenvalue weighted by Crippen LogP contribution is 2.17. The molecule has 24 heavy (non-hydrogen) atoms. The Bertz CT molecular complexity index is 579. The molecule has 1 rings (SSSR count). The molecule has 7 nitrogen and oxygen atoms in total. The van der Waals surface area contributed by atoms with Gasteiger partial charge in [-0.3, -0.25) is 9.59 Å². The second kappa shape index (κ2) is 10.2. The number of carbonyl (C=O) groups is 3. The molecule has 0 aromatic heterocycles. The minimum atomic E-state index is -1.54.